The van der Waals surface area contributed by atoms with Crippen molar-refractivity contribution in [3.8, 4) is 5.75 Å². The highest BCUT2D eigenvalue weighted by atomic mass is 35.5. The molecular formula is C23H34Cl2N2O4S. The van der Waals surface area contributed by atoms with Gasteiger partial charge in [-0.3, -0.25) is 4.79 Å². The van der Waals surface area contributed by atoms with Gasteiger partial charge in [0.1, 0.15) is 5.75 Å². The summed E-state index contributed by atoms with van der Waals surface area (Å²) in [6.45, 7) is 1.09. The zero-order valence-corrected chi connectivity index (χ0v) is 20.7. The Kier molecular flexibility index (Phi) is 8.40. The molecular weight excluding hydrogens is 471 g/mol. The third-order valence-electron chi connectivity index (χ3n) is 7.27. The number of hydrogen-bond acceptors (Lipinski definition) is 5. The van der Waals surface area contributed by atoms with Crippen LogP contribution >= 0.6 is 24.0 Å². The van der Waals surface area contributed by atoms with E-state index < -0.39 is 9.84 Å². The molecule has 180 valence electrons. The van der Waals surface area contributed by atoms with E-state index in [9.17, 15) is 13.2 Å². The van der Waals surface area contributed by atoms with Crippen LogP contribution in [0.4, 0.5) is 0 Å². The van der Waals surface area contributed by atoms with Crippen LogP contribution in [-0.2, 0) is 9.84 Å². The Bertz CT molecular complexity index is 887. The van der Waals surface area contributed by atoms with Gasteiger partial charge in [0.2, 0.25) is 0 Å². The molecule has 0 aliphatic heterocycles. The van der Waals surface area contributed by atoms with E-state index in [1.807, 2.05) is 0 Å². The minimum absolute atomic E-state index is 0. The van der Waals surface area contributed by atoms with Gasteiger partial charge in [-0.25, -0.2) is 8.42 Å². The summed E-state index contributed by atoms with van der Waals surface area (Å²) >= 11 is 6.29. The molecule has 0 radical (unpaired) electrons. The van der Waals surface area contributed by atoms with Gasteiger partial charge >= 0.3 is 0 Å². The van der Waals surface area contributed by atoms with Crippen LogP contribution in [0.1, 0.15) is 55.3 Å². The maximum atomic E-state index is 12.9. The third kappa shape index (κ3) is 6.10. The number of rotatable bonds is 10. The summed E-state index contributed by atoms with van der Waals surface area (Å²) in [5, 5.41) is 3.54. The average molecular weight is 506 g/mol. The lowest BCUT2D eigenvalue weighted by molar-refractivity contribution is -0.0503. The second-order valence-electron chi connectivity index (χ2n) is 9.88. The highest BCUT2D eigenvalue weighted by Gasteiger charge is 2.50. The summed E-state index contributed by atoms with van der Waals surface area (Å²) in [5.74, 6) is 2.90. The molecule has 0 aromatic heterocycles. The monoisotopic (exact) mass is 504 g/mol. The van der Waals surface area contributed by atoms with Crippen LogP contribution in [0.3, 0.4) is 0 Å². The highest BCUT2D eigenvalue weighted by Crippen LogP contribution is 2.59. The number of benzene rings is 1. The second kappa shape index (κ2) is 10.5. The topological polar surface area (TPSA) is 98.5 Å². The van der Waals surface area contributed by atoms with Crippen molar-refractivity contribution in [2.24, 2.45) is 28.9 Å². The van der Waals surface area contributed by atoms with E-state index in [1.54, 1.807) is 18.2 Å². The van der Waals surface area contributed by atoms with Crippen LogP contribution in [0.25, 0.3) is 0 Å². The van der Waals surface area contributed by atoms with Crippen molar-refractivity contribution in [3.05, 3.63) is 28.8 Å². The van der Waals surface area contributed by atoms with Gasteiger partial charge in [0.15, 0.2) is 9.84 Å². The van der Waals surface area contributed by atoms with Gasteiger partial charge in [0.05, 0.1) is 28.7 Å². The van der Waals surface area contributed by atoms with E-state index >= 15 is 0 Å². The zero-order valence-electron chi connectivity index (χ0n) is 18.4. The van der Waals surface area contributed by atoms with Crippen LogP contribution in [0.15, 0.2) is 18.2 Å². The summed E-state index contributed by atoms with van der Waals surface area (Å²) < 4.78 is 29.1. The molecule has 32 heavy (non-hydrogen) atoms. The number of nitrogens with one attached hydrogen (secondary N) is 1. The molecule has 5 rings (SSSR count). The first-order valence-corrected chi connectivity index (χ1v) is 13.6. The fraction of sp³-hybridized carbons (Fsp3) is 0.696. The van der Waals surface area contributed by atoms with Gasteiger partial charge in [0.25, 0.3) is 5.91 Å². The molecule has 0 saturated heterocycles. The molecule has 4 aliphatic rings. The van der Waals surface area contributed by atoms with E-state index in [2.05, 4.69) is 5.32 Å². The lowest BCUT2D eigenvalue weighted by atomic mass is 9.49. The van der Waals surface area contributed by atoms with Crippen molar-refractivity contribution in [2.45, 2.75) is 44.9 Å². The predicted molar refractivity (Wildman–Crippen MR) is 129 cm³/mol. The Morgan fingerprint density at radius 1 is 1.12 bits per heavy atom. The van der Waals surface area contributed by atoms with Gasteiger partial charge < -0.3 is 15.8 Å². The maximum absolute atomic E-state index is 12.9. The normalized spacial score (nSPS) is 28.2. The van der Waals surface area contributed by atoms with Crippen LogP contribution in [-0.4, -0.2) is 45.5 Å². The molecule has 4 saturated carbocycles. The summed E-state index contributed by atoms with van der Waals surface area (Å²) in [6, 6.07) is 5.00. The van der Waals surface area contributed by atoms with E-state index in [0.717, 1.165) is 24.3 Å². The van der Waals surface area contributed by atoms with Crippen LogP contribution in [0.5, 0.6) is 5.75 Å². The van der Waals surface area contributed by atoms with Crippen molar-refractivity contribution >= 4 is 39.8 Å². The molecule has 3 N–H and O–H groups in total. The number of carbonyl (C=O) groups excluding carboxylic acids is 1. The molecule has 0 spiro atoms. The lowest BCUT2D eigenvalue weighted by Crippen LogP contribution is -2.51. The van der Waals surface area contributed by atoms with Gasteiger partial charge in [0, 0.05) is 13.1 Å². The Balaban J connectivity index is 0.00000289. The van der Waals surface area contributed by atoms with Crippen LogP contribution < -0.4 is 15.8 Å². The van der Waals surface area contributed by atoms with Gasteiger partial charge in [-0.1, -0.05) is 11.6 Å². The Hall–Kier alpha value is -1.02. The van der Waals surface area contributed by atoms with E-state index in [4.69, 9.17) is 22.1 Å². The van der Waals surface area contributed by atoms with Crippen LogP contribution in [0, 0.1) is 23.2 Å². The quantitative estimate of drug-likeness (QED) is 0.471. The minimum atomic E-state index is -3.13. The average Bonchev–Trinajstić information content (AvgIpc) is 2.69. The number of ether oxygens (including phenoxy) is 1. The smallest absolute Gasteiger partial charge is 0.252 e. The molecule has 9 heteroatoms. The number of nitrogens with two attached hydrogens (primary N) is 1. The van der Waals surface area contributed by atoms with Crippen molar-refractivity contribution in [3.63, 3.8) is 0 Å². The van der Waals surface area contributed by atoms with Gasteiger partial charge in [-0.15, -0.1) is 12.4 Å². The highest BCUT2D eigenvalue weighted by molar-refractivity contribution is 7.91. The van der Waals surface area contributed by atoms with Gasteiger partial charge in [-0.05, 0) is 86.3 Å². The van der Waals surface area contributed by atoms with Crippen molar-refractivity contribution in [1.82, 2.24) is 5.32 Å². The number of halogens is 2. The molecule has 0 unspecified atom stereocenters. The van der Waals surface area contributed by atoms with Crippen molar-refractivity contribution in [1.29, 1.82) is 0 Å². The molecule has 4 aliphatic carbocycles. The molecule has 1 aromatic carbocycles. The van der Waals surface area contributed by atoms with E-state index in [0.29, 0.717) is 22.8 Å². The number of carbonyl (C=O) groups is 1. The second-order valence-corrected chi connectivity index (χ2v) is 12.6. The minimum Gasteiger partial charge on any atom is -0.494 e. The molecule has 0 heterocycles. The molecule has 6 nitrogen and oxygen atoms in total. The Morgan fingerprint density at radius 2 is 1.75 bits per heavy atom. The standard InChI is InChI=1S/C23H33ClN2O4S.ClH/c24-21-3-2-19(30-5-1-6-31(28,29)7-4-25)11-20(21)22(27)26-15-23-12-16-8-17(13-23)10-18(9-16)14-23;/h2-3,11,16-18H,1,4-10,12-15,25H2,(H,26,27);1H. The van der Waals surface area contributed by atoms with E-state index in [1.165, 1.54) is 38.5 Å². The van der Waals surface area contributed by atoms with Crippen molar-refractivity contribution in [2.75, 3.05) is 31.2 Å². The lowest BCUT2D eigenvalue weighted by Gasteiger charge is -2.56. The molecule has 0 atom stereocenters. The number of sulfone groups is 1. The predicted octanol–water partition coefficient (Wildman–Crippen LogP) is 3.85. The maximum Gasteiger partial charge on any atom is 0.252 e. The summed E-state index contributed by atoms with van der Waals surface area (Å²) in [6.07, 6.45) is 8.23. The summed E-state index contributed by atoms with van der Waals surface area (Å²) in [5.41, 5.74) is 5.98. The fourth-order valence-corrected chi connectivity index (χ4v) is 7.71. The summed E-state index contributed by atoms with van der Waals surface area (Å²) in [4.78, 5) is 12.9. The van der Waals surface area contributed by atoms with Gasteiger partial charge in [-0.2, -0.15) is 0 Å². The first-order valence-electron chi connectivity index (χ1n) is 11.4. The third-order valence-corrected chi connectivity index (χ3v) is 9.37. The summed E-state index contributed by atoms with van der Waals surface area (Å²) in [7, 11) is -3.13. The zero-order chi connectivity index (χ0) is 22.1. The first kappa shape index (κ1) is 25.6. The molecule has 4 bridgehead atoms. The SMILES string of the molecule is Cl.NCCS(=O)(=O)CCCOc1ccc(Cl)c(C(=O)NCC23CC4CC(CC(C4)C2)C3)c1. The Morgan fingerprint density at radius 3 is 2.34 bits per heavy atom. The fourth-order valence-electron chi connectivity index (χ4n) is 6.39. The van der Waals surface area contributed by atoms with Crippen molar-refractivity contribution < 1.29 is 17.9 Å². The largest absolute Gasteiger partial charge is 0.494 e. The first-order chi connectivity index (χ1) is 14.8. The number of hydrogen-bond donors (Lipinski definition) is 2. The number of amides is 1. The molecule has 1 amide bonds. The molecule has 1 aromatic rings. The van der Waals surface area contributed by atoms with Crippen LogP contribution in [0.2, 0.25) is 5.02 Å². The van der Waals surface area contributed by atoms with E-state index in [-0.39, 0.29) is 48.4 Å². The Labute approximate surface area is 202 Å². The molecule has 4 fully saturated rings.